The first kappa shape index (κ1) is 17.9. The fraction of sp³-hybridized carbons (Fsp3) is 0.111. The molecule has 4 nitrogen and oxygen atoms in total. The Hall–Kier alpha value is -2.48. The molecule has 24 heavy (non-hydrogen) atoms. The molecule has 0 aromatic heterocycles. The van der Waals surface area contributed by atoms with Gasteiger partial charge in [-0.25, -0.2) is 0 Å². The fourth-order valence-corrected chi connectivity index (χ4v) is 2.51. The summed E-state index contributed by atoms with van der Waals surface area (Å²) in [6, 6.07) is 12.4. The average molecular weight is 360 g/mol. The molecule has 0 bridgehead atoms. The van der Waals surface area contributed by atoms with E-state index in [0.717, 1.165) is 11.1 Å². The number of benzene rings is 2. The fourth-order valence-electron chi connectivity index (χ4n) is 2.05. The second kappa shape index (κ2) is 7.87. The Bertz CT molecular complexity index is 854. The highest BCUT2D eigenvalue weighted by molar-refractivity contribution is 6.36. The van der Waals surface area contributed by atoms with Gasteiger partial charge in [0.25, 0.3) is 5.91 Å². The van der Waals surface area contributed by atoms with Crippen molar-refractivity contribution in [3.63, 3.8) is 0 Å². The summed E-state index contributed by atoms with van der Waals surface area (Å²) in [7, 11) is 0. The van der Waals surface area contributed by atoms with Crippen LogP contribution in [0.1, 0.15) is 11.1 Å². The van der Waals surface area contributed by atoms with Gasteiger partial charge in [-0.05, 0) is 43.7 Å². The minimum atomic E-state index is -0.498. The maximum atomic E-state index is 12.2. The Morgan fingerprint density at radius 2 is 1.83 bits per heavy atom. The van der Waals surface area contributed by atoms with Gasteiger partial charge in [0.05, 0.1) is 10.7 Å². The predicted molar refractivity (Wildman–Crippen MR) is 98.3 cm³/mol. The van der Waals surface area contributed by atoms with Crippen molar-refractivity contribution < 1.29 is 4.79 Å². The van der Waals surface area contributed by atoms with E-state index in [1.807, 2.05) is 32.0 Å². The minimum Gasteiger partial charge on any atom is -0.359 e. The molecule has 1 amide bonds. The number of carbonyl (C=O) groups excluding carboxylic acids is 1. The number of rotatable bonds is 4. The number of anilines is 2. The number of aryl methyl sites for hydroxylation is 2. The van der Waals surface area contributed by atoms with Crippen LogP contribution in [0.15, 0.2) is 48.2 Å². The molecule has 6 heteroatoms. The van der Waals surface area contributed by atoms with E-state index in [-0.39, 0.29) is 5.57 Å². The summed E-state index contributed by atoms with van der Waals surface area (Å²) in [6.45, 7) is 3.86. The Kier molecular flexibility index (Phi) is 5.86. The third-order valence-corrected chi connectivity index (χ3v) is 3.85. The van der Waals surface area contributed by atoms with Gasteiger partial charge in [-0.3, -0.25) is 4.79 Å². The number of nitriles is 1. The average Bonchev–Trinajstić information content (AvgIpc) is 2.52. The molecule has 0 fully saturated rings. The number of hydrogen-bond acceptors (Lipinski definition) is 3. The van der Waals surface area contributed by atoms with E-state index in [0.29, 0.717) is 21.4 Å². The first-order chi connectivity index (χ1) is 11.4. The molecule has 0 aliphatic heterocycles. The van der Waals surface area contributed by atoms with E-state index in [1.54, 1.807) is 24.3 Å². The molecule has 122 valence electrons. The van der Waals surface area contributed by atoms with Crippen LogP contribution in [-0.2, 0) is 4.79 Å². The van der Waals surface area contributed by atoms with Crippen LogP contribution < -0.4 is 10.6 Å². The van der Waals surface area contributed by atoms with Crippen LogP contribution in [0, 0.1) is 25.2 Å². The highest BCUT2D eigenvalue weighted by Gasteiger charge is 2.11. The summed E-state index contributed by atoms with van der Waals surface area (Å²) in [5.74, 6) is -0.498. The van der Waals surface area contributed by atoms with Gasteiger partial charge in [-0.1, -0.05) is 40.9 Å². The molecule has 0 atom stereocenters. The lowest BCUT2D eigenvalue weighted by Crippen LogP contribution is -2.15. The lowest BCUT2D eigenvalue weighted by Gasteiger charge is -2.09. The van der Waals surface area contributed by atoms with Crippen molar-refractivity contribution in [3.8, 4) is 6.07 Å². The topological polar surface area (TPSA) is 64.9 Å². The highest BCUT2D eigenvalue weighted by atomic mass is 35.5. The van der Waals surface area contributed by atoms with Gasteiger partial charge >= 0.3 is 0 Å². The van der Waals surface area contributed by atoms with E-state index < -0.39 is 5.91 Å². The van der Waals surface area contributed by atoms with E-state index >= 15 is 0 Å². The molecule has 0 saturated heterocycles. The van der Waals surface area contributed by atoms with E-state index in [4.69, 9.17) is 23.2 Å². The Balaban J connectivity index is 2.15. The maximum absolute atomic E-state index is 12.2. The normalized spacial score (nSPS) is 10.9. The Labute approximate surface area is 150 Å². The molecule has 0 spiro atoms. The third-order valence-electron chi connectivity index (χ3n) is 3.30. The molecule has 0 heterocycles. The molecule has 0 aliphatic rings. The van der Waals surface area contributed by atoms with E-state index in [2.05, 4.69) is 10.6 Å². The number of nitrogens with zero attached hydrogens (tertiary/aromatic N) is 1. The zero-order valence-corrected chi connectivity index (χ0v) is 14.7. The van der Waals surface area contributed by atoms with Crippen LogP contribution >= 0.6 is 23.2 Å². The van der Waals surface area contributed by atoms with Crippen LogP contribution in [0.2, 0.25) is 10.0 Å². The second-order valence-corrected chi connectivity index (χ2v) is 6.05. The van der Waals surface area contributed by atoms with E-state index in [9.17, 15) is 10.1 Å². The summed E-state index contributed by atoms with van der Waals surface area (Å²) >= 11 is 11.9. The lowest BCUT2D eigenvalue weighted by molar-refractivity contribution is -0.112. The summed E-state index contributed by atoms with van der Waals surface area (Å²) in [5.41, 5.74) is 3.17. The quantitative estimate of drug-likeness (QED) is 0.591. The van der Waals surface area contributed by atoms with Crippen LogP contribution in [0.5, 0.6) is 0 Å². The monoisotopic (exact) mass is 359 g/mol. The molecular weight excluding hydrogens is 345 g/mol. The van der Waals surface area contributed by atoms with Crippen LogP contribution in [0.25, 0.3) is 0 Å². The van der Waals surface area contributed by atoms with Gasteiger partial charge in [0.1, 0.15) is 11.6 Å². The van der Waals surface area contributed by atoms with Crippen molar-refractivity contribution in [1.29, 1.82) is 5.26 Å². The van der Waals surface area contributed by atoms with Gasteiger partial charge in [0, 0.05) is 16.9 Å². The maximum Gasteiger partial charge on any atom is 0.267 e. The van der Waals surface area contributed by atoms with Crippen molar-refractivity contribution in [3.05, 3.63) is 69.3 Å². The third kappa shape index (κ3) is 4.51. The molecule has 2 aromatic carbocycles. The van der Waals surface area contributed by atoms with Gasteiger partial charge in [-0.15, -0.1) is 0 Å². The van der Waals surface area contributed by atoms with Gasteiger partial charge < -0.3 is 10.6 Å². The zero-order valence-electron chi connectivity index (χ0n) is 13.2. The number of hydrogen-bond donors (Lipinski definition) is 2. The highest BCUT2D eigenvalue weighted by Crippen LogP contribution is 2.25. The molecule has 2 aromatic rings. The Morgan fingerprint density at radius 1 is 1.12 bits per heavy atom. The van der Waals surface area contributed by atoms with E-state index in [1.165, 1.54) is 6.20 Å². The molecule has 2 N–H and O–H groups in total. The largest absolute Gasteiger partial charge is 0.359 e. The Morgan fingerprint density at radius 3 is 2.46 bits per heavy atom. The summed E-state index contributed by atoms with van der Waals surface area (Å²) in [4.78, 5) is 12.2. The minimum absolute atomic E-state index is 0.0685. The number of amides is 1. The number of nitrogens with one attached hydrogen (secondary N) is 2. The molecule has 0 radical (unpaired) electrons. The van der Waals surface area contributed by atoms with Gasteiger partial charge in [0.2, 0.25) is 0 Å². The van der Waals surface area contributed by atoms with Crippen molar-refractivity contribution in [1.82, 2.24) is 0 Å². The first-order valence-corrected chi connectivity index (χ1v) is 7.87. The smallest absolute Gasteiger partial charge is 0.267 e. The summed E-state index contributed by atoms with van der Waals surface area (Å²) < 4.78 is 0. The van der Waals surface area contributed by atoms with Crippen molar-refractivity contribution in [2.45, 2.75) is 13.8 Å². The number of carbonyl (C=O) groups is 1. The van der Waals surface area contributed by atoms with Gasteiger partial charge in [-0.2, -0.15) is 5.26 Å². The second-order valence-electron chi connectivity index (χ2n) is 5.21. The first-order valence-electron chi connectivity index (χ1n) is 7.11. The molecule has 0 aliphatic carbocycles. The molecule has 0 unspecified atom stereocenters. The van der Waals surface area contributed by atoms with Gasteiger partial charge in [0.15, 0.2) is 0 Å². The molecule has 0 saturated carbocycles. The van der Waals surface area contributed by atoms with Crippen molar-refractivity contribution >= 4 is 40.5 Å². The van der Waals surface area contributed by atoms with Crippen molar-refractivity contribution in [2.24, 2.45) is 0 Å². The van der Waals surface area contributed by atoms with Crippen molar-refractivity contribution in [2.75, 3.05) is 10.6 Å². The summed E-state index contributed by atoms with van der Waals surface area (Å²) in [6.07, 6.45) is 1.31. The van der Waals surface area contributed by atoms with Crippen LogP contribution in [0.3, 0.4) is 0 Å². The zero-order chi connectivity index (χ0) is 17.7. The van der Waals surface area contributed by atoms with Crippen LogP contribution in [0.4, 0.5) is 11.4 Å². The molecule has 2 rings (SSSR count). The predicted octanol–water partition coefficient (Wildman–Crippen LogP) is 5.07. The SMILES string of the molecule is Cc1ccc(NC(=O)/C(C#N)=C\Nc2ccc(Cl)cc2Cl)c(C)c1. The number of halogens is 2. The molecular formula is C18H15Cl2N3O. The summed E-state index contributed by atoms with van der Waals surface area (Å²) in [5, 5.41) is 15.7. The standard InChI is InChI=1S/C18H15Cl2N3O/c1-11-3-5-16(12(2)7-11)23-18(24)13(9-21)10-22-17-6-4-14(19)8-15(17)20/h3-8,10,22H,1-2H3,(H,23,24)/b13-10-. The van der Waals surface area contributed by atoms with Crippen LogP contribution in [-0.4, -0.2) is 5.91 Å². The lowest BCUT2D eigenvalue weighted by atomic mass is 10.1.